The first-order chi connectivity index (χ1) is 14.5. The van der Waals surface area contributed by atoms with Crippen molar-refractivity contribution in [3.05, 3.63) is 96.1 Å². The van der Waals surface area contributed by atoms with Crippen LogP contribution in [0.2, 0.25) is 0 Å². The summed E-state index contributed by atoms with van der Waals surface area (Å²) >= 11 is 0. The Kier molecular flexibility index (Phi) is 5.63. The molecule has 4 aromatic rings. The SMILES string of the molecule is CS(=O)(=O)c1nc(-c2ccc(N(Cc3ccccc3)Cc3ccccc3)cc2)n[nH]1. The molecule has 4 rings (SSSR count). The zero-order chi connectivity index (χ0) is 21.0. The standard InChI is InChI=1S/C23H22N4O2S/c1-30(28,29)23-24-22(25-26-23)20-12-14-21(15-13-20)27(16-18-8-4-2-5-9-18)17-19-10-6-3-7-11-19/h2-15H,16-17H2,1H3,(H,24,25,26). The molecule has 0 atom stereocenters. The number of hydrogen-bond acceptors (Lipinski definition) is 5. The molecule has 6 nitrogen and oxygen atoms in total. The van der Waals surface area contributed by atoms with Gasteiger partial charge in [-0.15, -0.1) is 0 Å². The van der Waals surface area contributed by atoms with Gasteiger partial charge in [0.2, 0.25) is 15.0 Å². The number of H-pyrrole nitrogens is 1. The number of aromatic nitrogens is 3. The third-order valence-electron chi connectivity index (χ3n) is 4.74. The van der Waals surface area contributed by atoms with Gasteiger partial charge >= 0.3 is 0 Å². The van der Waals surface area contributed by atoms with E-state index in [0.29, 0.717) is 5.82 Å². The molecule has 152 valence electrons. The number of rotatable bonds is 7. The molecule has 0 spiro atoms. The minimum atomic E-state index is -3.42. The summed E-state index contributed by atoms with van der Waals surface area (Å²) in [5.41, 5.74) is 4.27. The van der Waals surface area contributed by atoms with Gasteiger partial charge in [-0.05, 0) is 35.4 Å². The molecule has 30 heavy (non-hydrogen) atoms. The monoisotopic (exact) mass is 418 g/mol. The normalized spacial score (nSPS) is 11.4. The van der Waals surface area contributed by atoms with Gasteiger partial charge in [0, 0.05) is 30.6 Å². The molecule has 0 unspecified atom stereocenters. The third kappa shape index (κ3) is 4.75. The molecule has 0 aliphatic carbocycles. The van der Waals surface area contributed by atoms with Crippen molar-refractivity contribution in [1.82, 2.24) is 15.2 Å². The molecule has 0 radical (unpaired) electrons. The van der Waals surface area contributed by atoms with Crippen LogP contribution in [-0.4, -0.2) is 29.9 Å². The predicted octanol–water partition coefficient (Wildman–Crippen LogP) is 4.08. The second kappa shape index (κ2) is 8.51. The Morgan fingerprint density at radius 2 is 1.33 bits per heavy atom. The zero-order valence-corrected chi connectivity index (χ0v) is 17.4. The number of nitrogens with zero attached hydrogens (tertiary/aromatic N) is 3. The van der Waals surface area contributed by atoms with Gasteiger partial charge in [-0.3, -0.25) is 0 Å². The summed E-state index contributed by atoms with van der Waals surface area (Å²) in [6.07, 6.45) is 1.10. The smallest absolute Gasteiger partial charge is 0.243 e. The topological polar surface area (TPSA) is 79.0 Å². The Labute approximate surface area is 176 Å². The van der Waals surface area contributed by atoms with Crippen LogP contribution >= 0.6 is 0 Å². The molecule has 1 N–H and O–H groups in total. The fourth-order valence-electron chi connectivity index (χ4n) is 3.21. The van der Waals surface area contributed by atoms with Crippen LogP contribution in [0.5, 0.6) is 0 Å². The van der Waals surface area contributed by atoms with E-state index in [2.05, 4.69) is 44.3 Å². The van der Waals surface area contributed by atoms with Crippen LogP contribution in [0.3, 0.4) is 0 Å². The van der Waals surface area contributed by atoms with Gasteiger partial charge in [-0.1, -0.05) is 60.7 Å². The summed E-state index contributed by atoms with van der Waals surface area (Å²) < 4.78 is 23.3. The molecule has 0 bridgehead atoms. The number of anilines is 1. The lowest BCUT2D eigenvalue weighted by Gasteiger charge is -2.25. The molecule has 0 saturated heterocycles. The van der Waals surface area contributed by atoms with Crippen LogP contribution in [0.1, 0.15) is 11.1 Å². The lowest BCUT2D eigenvalue weighted by Crippen LogP contribution is -2.22. The predicted molar refractivity (Wildman–Crippen MR) is 118 cm³/mol. The van der Waals surface area contributed by atoms with E-state index in [9.17, 15) is 8.42 Å². The van der Waals surface area contributed by atoms with E-state index in [4.69, 9.17) is 0 Å². The Balaban J connectivity index is 1.61. The molecule has 0 fully saturated rings. The number of hydrogen-bond donors (Lipinski definition) is 1. The highest BCUT2D eigenvalue weighted by atomic mass is 32.2. The van der Waals surface area contributed by atoms with Crippen molar-refractivity contribution in [3.63, 3.8) is 0 Å². The zero-order valence-electron chi connectivity index (χ0n) is 16.6. The maximum absolute atomic E-state index is 11.6. The highest BCUT2D eigenvalue weighted by Crippen LogP contribution is 2.24. The molecular weight excluding hydrogens is 396 g/mol. The van der Waals surface area contributed by atoms with E-state index in [0.717, 1.165) is 30.6 Å². The van der Waals surface area contributed by atoms with Crippen LogP contribution in [0.4, 0.5) is 5.69 Å². The summed E-state index contributed by atoms with van der Waals surface area (Å²) in [6.45, 7) is 1.54. The van der Waals surface area contributed by atoms with E-state index < -0.39 is 9.84 Å². The Morgan fingerprint density at radius 3 is 1.80 bits per heavy atom. The van der Waals surface area contributed by atoms with Gasteiger partial charge < -0.3 is 4.90 Å². The third-order valence-corrected chi connectivity index (χ3v) is 5.62. The van der Waals surface area contributed by atoms with Gasteiger partial charge in [0.25, 0.3) is 0 Å². The van der Waals surface area contributed by atoms with Gasteiger partial charge in [0.05, 0.1) is 0 Å². The molecule has 0 aliphatic heterocycles. The average molecular weight is 419 g/mol. The molecule has 1 heterocycles. The Bertz CT molecular complexity index is 1160. The van der Waals surface area contributed by atoms with Gasteiger partial charge in [0.1, 0.15) is 0 Å². The van der Waals surface area contributed by atoms with Crippen molar-refractivity contribution < 1.29 is 8.42 Å². The molecule has 1 aromatic heterocycles. The first-order valence-corrected chi connectivity index (χ1v) is 11.4. The van der Waals surface area contributed by atoms with Crippen molar-refractivity contribution in [2.24, 2.45) is 0 Å². The van der Waals surface area contributed by atoms with Gasteiger partial charge in [-0.2, -0.15) is 10.1 Å². The van der Waals surface area contributed by atoms with Crippen molar-refractivity contribution in [2.45, 2.75) is 18.2 Å². The van der Waals surface area contributed by atoms with Crippen LogP contribution in [-0.2, 0) is 22.9 Å². The first-order valence-electron chi connectivity index (χ1n) is 9.55. The first kappa shape index (κ1) is 19.8. The highest BCUT2D eigenvalue weighted by Gasteiger charge is 2.15. The quantitative estimate of drug-likeness (QED) is 0.489. The van der Waals surface area contributed by atoms with E-state index in [1.807, 2.05) is 60.7 Å². The van der Waals surface area contributed by atoms with Crippen LogP contribution < -0.4 is 4.90 Å². The summed E-state index contributed by atoms with van der Waals surface area (Å²) in [5, 5.41) is 6.39. The minimum absolute atomic E-state index is 0.128. The fraction of sp³-hybridized carbons (Fsp3) is 0.130. The second-order valence-corrected chi connectivity index (χ2v) is 9.04. The van der Waals surface area contributed by atoms with Crippen LogP contribution in [0.25, 0.3) is 11.4 Å². The van der Waals surface area contributed by atoms with Crippen LogP contribution in [0, 0.1) is 0 Å². The van der Waals surface area contributed by atoms with E-state index in [1.165, 1.54) is 11.1 Å². The van der Waals surface area contributed by atoms with Crippen molar-refractivity contribution >= 4 is 15.5 Å². The largest absolute Gasteiger partial charge is 0.363 e. The molecule has 0 amide bonds. The van der Waals surface area contributed by atoms with Crippen molar-refractivity contribution in [1.29, 1.82) is 0 Å². The van der Waals surface area contributed by atoms with E-state index in [1.54, 1.807) is 0 Å². The van der Waals surface area contributed by atoms with E-state index in [-0.39, 0.29) is 5.16 Å². The Hall–Kier alpha value is -3.45. The van der Waals surface area contributed by atoms with Crippen molar-refractivity contribution in [3.8, 4) is 11.4 Å². The maximum Gasteiger partial charge on any atom is 0.243 e. The number of benzene rings is 3. The molecule has 0 aliphatic rings. The summed E-state index contributed by atoms with van der Waals surface area (Å²) in [7, 11) is -3.42. The number of sulfone groups is 1. The maximum atomic E-state index is 11.6. The minimum Gasteiger partial charge on any atom is -0.363 e. The molecular formula is C23H22N4O2S. The lowest BCUT2D eigenvalue weighted by atomic mass is 10.1. The molecule has 0 saturated carbocycles. The summed E-state index contributed by atoms with van der Waals surface area (Å²) in [5.74, 6) is 0.361. The Morgan fingerprint density at radius 1 is 0.800 bits per heavy atom. The lowest BCUT2D eigenvalue weighted by molar-refractivity contribution is 0.594. The highest BCUT2D eigenvalue weighted by molar-refractivity contribution is 7.90. The summed E-state index contributed by atoms with van der Waals surface area (Å²) in [6, 6.07) is 28.5. The van der Waals surface area contributed by atoms with E-state index >= 15 is 0 Å². The summed E-state index contributed by atoms with van der Waals surface area (Å²) in [4.78, 5) is 6.39. The average Bonchev–Trinajstić information content (AvgIpc) is 3.26. The second-order valence-electron chi connectivity index (χ2n) is 7.11. The van der Waals surface area contributed by atoms with Crippen molar-refractivity contribution in [2.75, 3.05) is 11.2 Å². The molecule has 3 aromatic carbocycles. The van der Waals surface area contributed by atoms with Crippen LogP contribution in [0.15, 0.2) is 90.1 Å². The fourth-order valence-corrected chi connectivity index (χ4v) is 3.67. The molecule has 7 heteroatoms. The number of aromatic amines is 1. The van der Waals surface area contributed by atoms with Gasteiger partial charge in [0.15, 0.2) is 5.82 Å². The van der Waals surface area contributed by atoms with Gasteiger partial charge in [-0.25, -0.2) is 13.5 Å². The number of nitrogens with one attached hydrogen (secondary N) is 1.